The van der Waals surface area contributed by atoms with Gasteiger partial charge in [-0.25, -0.2) is 4.39 Å². The van der Waals surface area contributed by atoms with Crippen LogP contribution in [0.4, 0.5) is 4.39 Å². The number of methoxy groups -OCH3 is 3. The summed E-state index contributed by atoms with van der Waals surface area (Å²) in [4.78, 5) is 2.58. The third-order valence-corrected chi connectivity index (χ3v) is 7.02. The minimum atomic E-state index is -0.198. The second-order valence-electron chi connectivity index (χ2n) is 8.52. The van der Waals surface area contributed by atoms with Gasteiger partial charge in [0.1, 0.15) is 11.6 Å². The van der Waals surface area contributed by atoms with Crippen molar-refractivity contribution in [1.82, 2.24) is 4.90 Å². The largest absolute Gasteiger partial charge is 0.497 e. The van der Waals surface area contributed by atoms with Gasteiger partial charge in [0.05, 0.1) is 21.3 Å². The fraction of sp³-hybridized carbons (Fsp3) is 0.333. The van der Waals surface area contributed by atoms with E-state index in [0.717, 1.165) is 42.2 Å². The van der Waals surface area contributed by atoms with E-state index in [0.29, 0.717) is 5.92 Å². The van der Waals surface area contributed by atoms with Crippen molar-refractivity contribution in [3.63, 3.8) is 0 Å². The summed E-state index contributed by atoms with van der Waals surface area (Å²) in [6, 6.07) is 20.1. The second-order valence-corrected chi connectivity index (χ2v) is 8.52. The van der Waals surface area contributed by atoms with Gasteiger partial charge in [0.15, 0.2) is 11.5 Å². The summed E-state index contributed by atoms with van der Waals surface area (Å²) in [6.45, 7) is 0.946. The van der Waals surface area contributed by atoms with E-state index in [1.807, 2.05) is 24.3 Å². The molecule has 1 fully saturated rings. The Labute approximate surface area is 188 Å². The predicted octanol–water partition coefficient (Wildman–Crippen LogP) is 5.68. The average Bonchev–Trinajstić information content (AvgIpc) is 3.23. The van der Waals surface area contributed by atoms with Gasteiger partial charge >= 0.3 is 0 Å². The van der Waals surface area contributed by atoms with Crippen LogP contribution in [-0.4, -0.2) is 32.8 Å². The molecule has 2 aliphatic heterocycles. The van der Waals surface area contributed by atoms with Gasteiger partial charge < -0.3 is 14.2 Å². The van der Waals surface area contributed by atoms with E-state index in [-0.39, 0.29) is 17.9 Å². The van der Waals surface area contributed by atoms with Crippen molar-refractivity contribution in [3.05, 3.63) is 88.7 Å². The monoisotopic (exact) mass is 433 g/mol. The van der Waals surface area contributed by atoms with Gasteiger partial charge in [0, 0.05) is 24.5 Å². The Morgan fingerprint density at radius 1 is 0.812 bits per heavy atom. The van der Waals surface area contributed by atoms with E-state index < -0.39 is 0 Å². The molecule has 0 radical (unpaired) electrons. The fourth-order valence-electron chi connectivity index (χ4n) is 5.48. The third kappa shape index (κ3) is 3.51. The van der Waals surface area contributed by atoms with E-state index in [4.69, 9.17) is 14.2 Å². The molecule has 0 bridgehead atoms. The number of ether oxygens (including phenoxy) is 3. The molecule has 3 aromatic rings. The molecule has 0 N–H and O–H groups in total. The van der Waals surface area contributed by atoms with Gasteiger partial charge in [0.25, 0.3) is 0 Å². The number of rotatable bonds is 5. The van der Waals surface area contributed by atoms with E-state index >= 15 is 0 Å². The molecule has 3 atom stereocenters. The minimum absolute atomic E-state index is 0.198. The molecule has 0 aromatic heterocycles. The normalized spacial score (nSPS) is 22.2. The van der Waals surface area contributed by atoms with Crippen molar-refractivity contribution in [2.75, 3.05) is 27.9 Å². The SMILES string of the molecule is COc1ccc([C@@H]2C[C@H](c3ccc(F)cc3)N3CCc4cc(OC)c(OC)cc4[C@H]23)cc1. The summed E-state index contributed by atoms with van der Waals surface area (Å²) in [5, 5.41) is 0. The van der Waals surface area contributed by atoms with Gasteiger partial charge in [-0.2, -0.15) is 0 Å². The summed E-state index contributed by atoms with van der Waals surface area (Å²) >= 11 is 0. The topological polar surface area (TPSA) is 30.9 Å². The van der Waals surface area contributed by atoms with Crippen LogP contribution in [0.2, 0.25) is 0 Å². The van der Waals surface area contributed by atoms with Crippen LogP contribution in [0.1, 0.15) is 46.7 Å². The van der Waals surface area contributed by atoms with Crippen LogP contribution in [-0.2, 0) is 6.42 Å². The maximum Gasteiger partial charge on any atom is 0.161 e. The quantitative estimate of drug-likeness (QED) is 0.518. The van der Waals surface area contributed by atoms with Crippen LogP contribution < -0.4 is 14.2 Å². The van der Waals surface area contributed by atoms with E-state index in [1.165, 1.54) is 16.7 Å². The third-order valence-electron chi connectivity index (χ3n) is 7.02. The number of halogens is 1. The molecule has 5 heteroatoms. The van der Waals surface area contributed by atoms with Crippen molar-refractivity contribution in [1.29, 1.82) is 0 Å². The van der Waals surface area contributed by atoms with Crippen LogP contribution in [0.15, 0.2) is 60.7 Å². The number of fused-ring (bicyclic) bond motifs is 3. The molecule has 3 aromatic carbocycles. The van der Waals surface area contributed by atoms with Crippen LogP contribution in [0.25, 0.3) is 0 Å². The van der Waals surface area contributed by atoms with Crippen molar-refractivity contribution < 1.29 is 18.6 Å². The van der Waals surface area contributed by atoms with Crippen molar-refractivity contribution in [3.8, 4) is 17.2 Å². The van der Waals surface area contributed by atoms with Crippen LogP contribution in [0, 0.1) is 5.82 Å². The van der Waals surface area contributed by atoms with Gasteiger partial charge in [0.2, 0.25) is 0 Å². The summed E-state index contributed by atoms with van der Waals surface area (Å²) in [5.41, 5.74) is 5.05. The van der Waals surface area contributed by atoms with E-state index in [2.05, 4.69) is 29.2 Å². The fourth-order valence-corrected chi connectivity index (χ4v) is 5.48. The summed E-state index contributed by atoms with van der Waals surface area (Å²) in [7, 11) is 5.05. The Bertz CT molecular complexity index is 1100. The number of nitrogens with zero attached hydrogens (tertiary/aromatic N) is 1. The molecule has 0 saturated carbocycles. The zero-order chi connectivity index (χ0) is 22.2. The molecule has 0 spiro atoms. The zero-order valence-electron chi connectivity index (χ0n) is 18.7. The van der Waals surface area contributed by atoms with Crippen molar-refractivity contribution in [2.24, 2.45) is 0 Å². The smallest absolute Gasteiger partial charge is 0.161 e. The highest BCUT2D eigenvalue weighted by molar-refractivity contribution is 5.51. The number of benzene rings is 3. The van der Waals surface area contributed by atoms with Crippen molar-refractivity contribution >= 4 is 0 Å². The summed E-state index contributed by atoms with van der Waals surface area (Å²) in [6.07, 6.45) is 1.91. The first-order chi connectivity index (χ1) is 15.6. The molecule has 2 heterocycles. The lowest BCUT2D eigenvalue weighted by Crippen LogP contribution is -2.34. The Balaban J connectivity index is 1.61. The van der Waals surface area contributed by atoms with E-state index in [9.17, 15) is 4.39 Å². The number of hydrogen-bond acceptors (Lipinski definition) is 4. The lowest BCUT2D eigenvalue weighted by atomic mass is 9.82. The molecule has 0 aliphatic carbocycles. The molecule has 0 amide bonds. The standard InChI is InChI=1S/C27H28FNO3/c1-30-21-10-6-17(7-11-21)22-15-24(18-4-8-20(28)9-5-18)29-13-12-19-14-25(31-2)26(32-3)16-23(19)27(22)29/h4-11,14,16,22,24,27H,12-13,15H2,1-3H3/t22-,24+,27-/m0/s1. The molecule has 2 aliphatic rings. The Morgan fingerprint density at radius 2 is 1.47 bits per heavy atom. The van der Waals surface area contributed by atoms with Crippen LogP contribution in [0.5, 0.6) is 17.2 Å². The predicted molar refractivity (Wildman–Crippen MR) is 122 cm³/mol. The van der Waals surface area contributed by atoms with E-state index in [1.54, 1.807) is 33.5 Å². The lowest BCUT2D eigenvalue weighted by molar-refractivity contribution is 0.178. The molecule has 1 saturated heterocycles. The average molecular weight is 434 g/mol. The first-order valence-electron chi connectivity index (χ1n) is 11.0. The minimum Gasteiger partial charge on any atom is -0.497 e. The maximum atomic E-state index is 13.6. The Kier molecular flexibility index (Phi) is 5.51. The molecule has 0 unspecified atom stereocenters. The van der Waals surface area contributed by atoms with Gasteiger partial charge in [-0.15, -0.1) is 0 Å². The first kappa shape index (κ1) is 20.8. The Hall–Kier alpha value is -3.05. The second kappa shape index (κ2) is 8.47. The van der Waals surface area contributed by atoms with Gasteiger partial charge in [-0.3, -0.25) is 4.90 Å². The maximum absolute atomic E-state index is 13.6. The Morgan fingerprint density at radius 3 is 2.12 bits per heavy atom. The highest BCUT2D eigenvalue weighted by Gasteiger charge is 2.46. The number of hydrogen-bond donors (Lipinski definition) is 0. The summed E-state index contributed by atoms with van der Waals surface area (Å²) < 4.78 is 30.2. The zero-order valence-corrected chi connectivity index (χ0v) is 18.7. The van der Waals surface area contributed by atoms with Crippen LogP contribution in [0.3, 0.4) is 0 Å². The first-order valence-corrected chi connectivity index (χ1v) is 11.0. The van der Waals surface area contributed by atoms with Crippen LogP contribution >= 0.6 is 0 Å². The summed E-state index contributed by atoms with van der Waals surface area (Å²) in [5.74, 6) is 2.48. The molecule has 166 valence electrons. The molecular formula is C27H28FNO3. The van der Waals surface area contributed by atoms with Crippen molar-refractivity contribution in [2.45, 2.75) is 30.8 Å². The van der Waals surface area contributed by atoms with Gasteiger partial charge in [-0.05, 0) is 71.5 Å². The molecule has 4 nitrogen and oxygen atoms in total. The highest BCUT2D eigenvalue weighted by atomic mass is 19.1. The molecule has 5 rings (SSSR count). The molecule has 32 heavy (non-hydrogen) atoms. The molecular weight excluding hydrogens is 405 g/mol. The van der Waals surface area contributed by atoms with Gasteiger partial charge in [-0.1, -0.05) is 24.3 Å². The highest BCUT2D eigenvalue weighted by Crippen LogP contribution is 2.55. The lowest BCUT2D eigenvalue weighted by Gasteiger charge is -2.38.